The van der Waals surface area contributed by atoms with E-state index in [-0.39, 0.29) is 12.2 Å². The maximum atomic E-state index is 14.3. The zero-order chi connectivity index (χ0) is 22.7. The molecule has 1 unspecified atom stereocenters. The van der Waals surface area contributed by atoms with Crippen LogP contribution >= 0.6 is 7.14 Å². The molecule has 4 saturated heterocycles. The van der Waals surface area contributed by atoms with E-state index in [9.17, 15) is 4.57 Å². The lowest BCUT2D eigenvalue weighted by Gasteiger charge is -2.33. The second-order valence-corrected chi connectivity index (χ2v) is 12.9. The van der Waals surface area contributed by atoms with Crippen molar-refractivity contribution in [3.8, 4) is 0 Å². The third kappa shape index (κ3) is 3.99. The van der Waals surface area contributed by atoms with E-state index in [2.05, 4.69) is 0 Å². The van der Waals surface area contributed by atoms with Crippen LogP contribution in [0, 0.1) is 0 Å². The standard InChI is InChI=1S/C23H33O8P/c1-22(2)26-13-16(29-22)17-18(19-20(27-17)31-23(3,4)30-19)28-21-15(25-5)11-12-32(21,24)14-9-7-6-8-10-14/h6-10,15-21H,11-13H2,1-5H3/t15-,16?,17-,18+,19-,20-,21-,32-/m1/s1. The Morgan fingerprint density at radius 2 is 1.75 bits per heavy atom. The van der Waals surface area contributed by atoms with Crippen molar-refractivity contribution in [2.24, 2.45) is 0 Å². The van der Waals surface area contributed by atoms with Crippen LogP contribution in [0.4, 0.5) is 0 Å². The number of ether oxygens (including phenoxy) is 7. The topological polar surface area (TPSA) is 81.7 Å². The van der Waals surface area contributed by atoms with Crippen LogP contribution in [0.1, 0.15) is 34.1 Å². The van der Waals surface area contributed by atoms with Gasteiger partial charge in [-0.1, -0.05) is 30.3 Å². The lowest BCUT2D eigenvalue weighted by molar-refractivity contribution is -0.238. The van der Waals surface area contributed by atoms with Crippen molar-refractivity contribution in [1.29, 1.82) is 0 Å². The van der Waals surface area contributed by atoms with Gasteiger partial charge in [0.25, 0.3) is 0 Å². The van der Waals surface area contributed by atoms with Crippen LogP contribution in [-0.2, 0) is 37.7 Å². The Bertz CT molecular complexity index is 874. The minimum absolute atomic E-state index is 0.284. The summed E-state index contributed by atoms with van der Waals surface area (Å²) in [6.07, 6.45) is -1.52. The molecule has 5 rings (SSSR count). The molecule has 0 N–H and O–H groups in total. The molecule has 32 heavy (non-hydrogen) atoms. The van der Waals surface area contributed by atoms with E-state index in [0.29, 0.717) is 19.2 Å². The van der Waals surface area contributed by atoms with E-state index >= 15 is 0 Å². The van der Waals surface area contributed by atoms with Crippen LogP contribution in [0.3, 0.4) is 0 Å². The monoisotopic (exact) mass is 468 g/mol. The molecule has 4 fully saturated rings. The van der Waals surface area contributed by atoms with Crippen LogP contribution in [0.25, 0.3) is 0 Å². The van der Waals surface area contributed by atoms with Crippen LogP contribution in [0.2, 0.25) is 0 Å². The highest BCUT2D eigenvalue weighted by molar-refractivity contribution is 7.72. The summed E-state index contributed by atoms with van der Waals surface area (Å²) in [7, 11) is -1.24. The van der Waals surface area contributed by atoms with E-state index in [1.165, 1.54) is 0 Å². The first-order chi connectivity index (χ1) is 15.1. The summed E-state index contributed by atoms with van der Waals surface area (Å²) in [5, 5.41) is 0.807. The van der Waals surface area contributed by atoms with Crippen molar-refractivity contribution < 1.29 is 37.7 Å². The zero-order valence-electron chi connectivity index (χ0n) is 19.3. The normalized spacial score (nSPS) is 44.7. The SMILES string of the molecule is CO[C@@H]1CC[P@@](=O)(c2ccccc2)[C@H]1O[C@@H]1[C@H]2OC(C)(C)O[C@H]2O[C@@H]1C1COC(C)(C)O1. The second-order valence-electron chi connectivity index (χ2n) is 9.85. The molecule has 0 spiro atoms. The van der Waals surface area contributed by atoms with Crippen molar-refractivity contribution in [2.45, 2.75) is 88.3 Å². The number of rotatable bonds is 5. The van der Waals surface area contributed by atoms with Gasteiger partial charge in [0.1, 0.15) is 37.4 Å². The number of fused-ring (bicyclic) bond motifs is 1. The summed E-state index contributed by atoms with van der Waals surface area (Å²) in [5.41, 5.74) is 0. The van der Waals surface area contributed by atoms with E-state index < -0.39 is 49.2 Å². The van der Waals surface area contributed by atoms with E-state index in [1.807, 2.05) is 58.0 Å². The molecule has 1 aromatic carbocycles. The number of hydrogen-bond donors (Lipinski definition) is 0. The molecule has 0 saturated carbocycles. The predicted octanol–water partition coefficient (Wildman–Crippen LogP) is 2.83. The van der Waals surface area contributed by atoms with Gasteiger partial charge >= 0.3 is 0 Å². The Labute approximate surface area is 189 Å². The molecule has 4 heterocycles. The van der Waals surface area contributed by atoms with Crippen molar-refractivity contribution in [3.63, 3.8) is 0 Å². The number of benzene rings is 1. The zero-order valence-corrected chi connectivity index (χ0v) is 20.2. The van der Waals surface area contributed by atoms with Crippen molar-refractivity contribution in [2.75, 3.05) is 19.9 Å². The van der Waals surface area contributed by atoms with Gasteiger partial charge in [0.15, 0.2) is 17.9 Å². The average molecular weight is 468 g/mol. The minimum atomic E-state index is -2.88. The van der Waals surface area contributed by atoms with Gasteiger partial charge in [-0.15, -0.1) is 0 Å². The Balaban J connectivity index is 1.46. The first-order valence-electron chi connectivity index (χ1n) is 11.3. The molecular formula is C23H33O8P. The summed E-state index contributed by atoms with van der Waals surface area (Å²) >= 11 is 0. The van der Waals surface area contributed by atoms with Gasteiger partial charge in [-0.2, -0.15) is 0 Å². The third-order valence-corrected chi connectivity index (χ3v) is 10.1. The highest BCUT2D eigenvalue weighted by Crippen LogP contribution is 2.59. The molecule has 4 aliphatic rings. The quantitative estimate of drug-likeness (QED) is 0.611. The minimum Gasteiger partial charge on any atom is -0.378 e. The number of hydrogen-bond acceptors (Lipinski definition) is 8. The first-order valence-corrected chi connectivity index (χ1v) is 13.2. The Hall–Kier alpha value is -0.830. The molecule has 178 valence electrons. The maximum absolute atomic E-state index is 14.3. The van der Waals surface area contributed by atoms with E-state index in [0.717, 1.165) is 5.30 Å². The molecule has 1 aromatic rings. The van der Waals surface area contributed by atoms with Crippen LogP contribution in [-0.4, -0.2) is 74.1 Å². The van der Waals surface area contributed by atoms with Crippen LogP contribution in [0.5, 0.6) is 0 Å². The lowest BCUT2D eigenvalue weighted by atomic mass is 10.1. The largest absolute Gasteiger partial charge is 0.378 e. The summed E-state index contributed by atoms with van der Waals surface area (Å²) in [4.78, 5) is 0. The Kier molecular flexibility index (Phi) is 5.83. The fourth-order valence-corrected chi connectivity index (χ4v) is 8.50. The highest BCUT2D eigenvalue weighted by atomic mass is 31.2. The van der Waals surface area contributed by atoms with Crippen molar-refractivity contribution in [3.05, 3.63) is 30.3 Å². The molecule has 8 atom stereocenters. The van der Waals surface area contributed by atoms with Gasteiger partial charge in [-0.05, 0) is 34.1 Å². The third-order valence-electron chi connectivity index (χ3n) is 6.69. The van der Waals surface area contributed by atoms with Gasteiger partial charge in [0.05, 0.1) is 12.7 Å². The summed E-state index contributed by atoms with van der Waals surface area (Å²) in [6.45, 7) is 7.81. The fraction of sp³-hybridized carbons (Fsp3) is 0.739. The average Bonchev–Trinajstić information content (AvgIpc) is 3.44. The van der Waals surface area contributed by atoms with Crippen molar-refractivity contribution in [1.82, 2.24) is 0 Å². The van der Waals surface area contributed by atoms with E-state index in [4.69, 9.17) is 33.2 Å². The molecule has 0 aromatic heterocycles. The number of methoxy groups -OCH3 is 1. The second kappa shape index (κ2) is 8.14. The molecule has 9 heteroatoms. The Morgan fingerprint density at radius 3 is 2.41 bits per heavy atom. The molecule has 4 aliphatic heterocycles. The van der Waals surface area contributed by atoms with Crippen molar-refractivity contribution >= 4 is 12.4 Å². The first kappa shape index (κ1) is 22.9. The van der Waals surface area contributed by atoms with E-state index in [1.54, 1.807) is 7.11 Å². The summed E-state index contributed by atoms with van der Waals surface area (Å²) < 4.78 is 57.0. The lowest BCUT2D eigenvalue weighted by Crippen LogP contribution is -2.47. The summed E-state index contributed by atoms with van der Waals surface area (Å²) in [6, 6.07) is 9.56. The van der Waals surface area contributed by atoms with Gasteiger partial charge in [-0.3, -0.25) is 0 Å². The van der Waals surface area contributed by atoms with Gasteiger partial charge in [-0.25, -0.2) is 0 Å². The van der Waals surface area contributed by atoms with Crippen LogP contribution in [0.15, 0.2) is 30.3 Å². The highest BCUT2D eigenvalue weighted by Gasteiger charge is 2.61. The Morgan fingerprint density at radius 1 is 1.00 bits per heavy atom. The molecule has 8 nitrogen and oxygen atoms in total. The molecule has 0 bridgehead atoms. The molecular weight excluding hydrogens is 435 g/mol. The van der Waals surface area contributed by atoms with Gasteiger partial charge in [0.2, 0.25) is 0 Å². The molecule has 0 amide bonds. The molecule has 0 aliphatic carbocycles. The smallest absolute Gasteiger partial charge is 0.190 e. The van der Waals surface area contributed by atoms with Gasteiger partial charge in [0, 0.05) is 18.6 Å². The van der Waals surface area contributed by atoms with Gasteiger partial charge < -0.3 is 37.7 Å². The van der Waals surface area contributed by atoms with Crippen LogP contribution < -0.4 is 5.30 Å². The summed E-state index contributed by atoms with van der Waals surface area (Å²) in [5.74, 6) is -2.11. The molecule has 0 radical (unpaired) electrons. The predicted molar refractivity (Wildman–Crippen MR) is 116 cm³/mol. The maximum Gasteiger partial charge on any atom is 0.190 e. The fourth-order valence-electron chi connectivity index (χ4n) is 5.23.